The Morgan fingerprint density at radius 2 is 1.77 bits per heavy atom. The Labute approximate surface area is 182 Å². The lowest BCUT2D eigenvalue weighted by molar-refractivity contribution is -0.118. The highest BCUT2D eigenvalue weighted by atomic mass is 32.2. The zero-order valence-electron chi connectivity index (χ0n) is 17.8. The molecule has 0 unspecified atom stereocenters. The quantitative estimate of drug-likeness (QED) is 0.565. The lowest BCUT2D eigenvalue weighted by Crippen LogP contribution is -2.27. The second-order valence-corrected chi connectivity index (χ2v) is 9.78. The average Bonchev–Trinajstić information content (AvgIpc) is 3.45. The van der Waals surface area contributed by atoms with Crippen molar-refractivity contribution in [3.63, 3.8) is 0 Å². The highest BCUT2D eigenvalue weighted by Crippen LogP contribution is 2.28. The number of benzene rings is 2. The first kappa shape index (κ1) is 20.7. The van der Waals surface area contributed by atoms with Crippen LogP contribution in [0.4, 0.5) is 0 Å². The van der Waals surface area contributed by atoms with Gasteiger partial charge < -0.3 is 5.32 Å². The maximum atomic E-state index is 12.2. The summed E-state index contributed by atoms with van der Waals surface area (Å²) < 4.78 is 2.11. The largest absolute Gasteiger partial charge is 0.353 e. The summed E-state index contributed by atoms with van der Waals surface area (Å²) in [4.78, 5) is 12.2. The van der Waals surface area contributed by atoms with Crippen LogP contribution < -0.4 is 5.32 Å². The van der Waals surface area contributed by atoms with Gasteiger partial charge in [0.15, 0.2) is 11.0 Å². The Hall–Kier alpha value is -2.60. The first-order chi connectivity index (χ1) is 14.4. The molecule has 0 spiro atoms. The van der Waals surface area contributed by atoms with E-state index in [4.69, 9.17) is 0 Å². The van der Waals surface area contributed by atoms with Gasteiger partial charge in [-0.05, 0) is 29.4 Å². The zero-order valence-corrected chi connectivity index (χ0v) is 18.6. The van der Waals surface area contributed by atoms with Crippen LogP contribution in [0, 0.1) is 0 Å². The molecule has 1 saturated carbocycles. The third kappa shape index (κ3) is 5.11. The summed E-state index contributed by atoms with van der Waals surface area (Å²) >= 11 is 1.44. The van der Waals surface area contributed by atoms with E-state index in [2.05, 4.69) is 77.3 Å². The molecule has 4 rings (SSSR count). The minimum absolute atomic E-state index is 0.0628. The number of hydrogen-bond acceptors (Lipinski definition) is 4. The molecule has 1 amide bonds. The van der Waals surface area contributed by atoms with Crippen LogP contribution in [0.1, 0.15) is 44.7 Å². The van der Waals surface area contributed by atoms with E-state index in [1.54, 1.807) is 0 Å². The van der Waals surface area contributed by atoms with Gasteiger partial charge in [-0.2, -0.15) is 0 Å². The maximum absolute atomic E-state index is 12.2. The molecular weight excluding hydrogens is 392 g/mol. The van der Waals surface area contributed by atoms with E-state index in [9.17, 15) is 4.79 Å². The number of thioether (sulfide) groups is 1. The molecule has 156 valence electrons. The first-order valence-corrected chi connectivity index (χ1v) is 11.4. The van der Waals surface area contributed by atoms with Gasteiger partial charge in [0.25, 0.3) is 0 Å². The highest BCUT2D eigenvalue weighted by molar-refractivity contribution is 7.99. The van der Waals surface area contributed by atoms with E-state index >= 15 is 0 Å². The number of nitrogens with one attached hydrogen (secondary N) is 1. The molecule has 1 N–H and O–H groups in total. The molecule has 0 radical (unpaired) electrons. The number of amides is 1. The van der Waals surface area contributed by atoms with Crippen LogP contribution in [0.5, 0.6) is 0 Å². The first-order valence-electron chi connectivity index (χ1n) is 10.4. The molecule has 1 fully saturated rings. The standard InChI is InChI=1S/C24H28N4OS/c1-24(2,3)19-11-9-18(10-12-19)22-26-27-23(30-16-21(29)25-20-13-14-20)28(22)15-17-7-5-4-6-8-17/h4-12,20H,13-16H2,1-3H3,(H,25,29). The van der Waals surface area contributed by atoms with Gasteiger partial charge in [-0.3, -0.25) is 9.36 Å². The Morgan fingerprint density at radius 1 is 1.07 bits per heavy atom. The van der Waals surface area contributed by atoms with Crippen LogP contribution in [0.2, 0.25) is 0 Å². The van der Waals surface area contributed by atoms with Gasteiger partial charge in [0.2, 0.25) is 5.91 Å². The van der Waals surface area contributed by atoms with Gasteiger partial charge in [0.05, 0.1) is 12.3 Å². The minimum Gasteiger partial charge on any atom is -0.353 e. The van der Waals surface area contributed by atoms with E-state index < -0.39 is 0 Å². The average molecular weight is 421 g/mol. The van der Waals surface area contributed by atoms with Crippen LogP contribution in [-0.4, -0.2) is 32.5 Å². The van der Waals surface area contributed by atoms with E-state index in [1.807, 2.05) is 18.2 Å². The summed E-state index contributed by atoms with van der Waals surface area (Å²) in [5.74, 6) is 1.24. The number of carbonyl (C=O) groups excluding carboxylic acids is 1. The Morgan fingerprint density at radius 3 is 2.40 bits per heavy atom. The summed E-state index contributed by atoms with van der Waals surface area (Å²) in [5.41, 5.74) is 3.59. The molecule has 0 atom stereocenters. The van der Waals surface area contributed by atoms with Crippen LogP contribution in [0.15, 0.2) is 59.8 Å². The lowest BCUT2D eigenvalue weighted by atomic mass is 9.87. The number of carbonyl (C=O) groups is 1. The van der Waals surface area contributed by atoms with Crippen LogP contribution >= 0.6 is 11.8 Å². The van der Waals surface area contributed by atoms with E-state index in [0.29, 0.717) is 18.3 Å². The van der Waals surface area contributed by atoms with E-state index in [-0.39, 0.29) is 11.3 Å². The number of rotatable bonds is 7. The van der Waals surface area contributed by atoms with Gasteiger partial charge in [0.1, 0.15) is 0 Å². The van der Waals surface area contributed by atoms with Crippen LogP contribution in [-0.2, 0) is 16.8 Å². The second-order valence-electron chi connectivity index (χ2n) is 8.84. The van der Waals surface area contributed by atoms with Gasteiger partial charge in [-0.1, -0.05) is 87.1 Å². The second kappa shape index (κ2) is 8.64. The number of aromatic nitrogens is 3. The molecular formula is C24H28N4OS. The van der Waals surface area contributed by atoms with Crippen molar-refractivity contribution in [3.05, 3.63) is 65.7 Å². The molecule has 3 aromatic rings. The number of nitrogens with zero attached hydrogens (tertiary/aromatic N) is 3. The molecule has 5 nitrogen and oxygen atoms in total. The molecule has 1 aliphatic rings. The van der Waals surface area contributed by atoms with Crippen molar-refractivity contribution in [2.24, 2.45) is 0 Å². The molecule has 1 aliphatic carbocycles. The predicted octanol–water partition coefficient (Wildman–Crippen LogP) is 4.66. The smallest absolute Gasteiger partial charge is 0.230 e. The maximum Gasteiger partial charge on any atom is 0.230 e. The van der Waals surface area contributed by atoms with Crippen molar-refractivity contribution in [1.82, 2.24) is 20.1 Å². The molecule has 6 heteroatoms. The van der Waals surface area contributed by atoms with Gasteiger partial charge in [-0.25, -0.2) is 0 Å². The van der Waals surface area contributed by atoms with Crippen molar-refractivity contribution >= 4 is 17.7 Å². The fourth-order valence-electron chi connectivity index (χ4n) is 3.26. The summed E-state index contributed by atoms with van der Waals surface area (Å²) in [7, 11) is 0. The van der Waals surface area contributed by atoms with Crippen molar-refractivity contribution in [2.45, 2.75) is 56.8 Å². The lowest BCUT2D eigenvalue weighted by Gasteiger charge is -2.19. The Balaban J connectivity index is 1.60. The van der Waals surface area contributed by atoms with Crippen molar-refractivity contribution < 1.29 is 4.79 Å². The van der Waals surface area contributed by atoms with E-state index in [0.717, 1.165) is 29.4 Å². The minimum atomic E-state index is 0.0628. The van der Waals surface area contributed by atoms with Gasteiger partial charge in [0, 0.05) is 11.6 Å². The topological polar surface area (TPSA) is 59.8 Å². The molecule has 1 aromatic heterocycles. The van der Waals surface area contributed by atoms with Crippen LogP contribution in [0.25, 0.3) is 11.4 Å². The van der Waals surface area contributed by atoms with Crippen LogP contribution in [0.3, 0.4) is 0 Å². The van der Waals surface area contributed by atoms with Crippen molar-refractivity contribution in [1.29, 1.82) is 0 Å². The van der Waals surface area contributed by atoms with Gasteiger partial charge >= 0.3 is 0 Å². The summed E-state index contributed by atoms with van der Waals surface area (Å²) in [6.07, 6.45) is 2.19. The fraction of sp³-hybridized carbons (Fsp3) is 0.375. The fourth-order valence-corrected chi connectivity index (χ4v) is 4.01. The summed E-state index contributed by atoms with van der Waals surface area (Å²) in [5, 5.41) is 12.7. The molecule has 0 bridgehead atoms. The van der Waals surface area contributed by atoms with Crippen molar-refractivity contribution in [2.75, 3.05) is 5.75 Å². The molecule has 2 aromatic carbocycles. The Kier molecular flexibility index (Phi) is 5.95. The van der Waals surface area contributed by atoms with E-state index in [1.165, 1.54) is 22.9 Å². The third-order valence-electron chi connectivity index (χ3n) is 5.18. The highest BCUT2D eigenvalue weighted by Gasteiger charge is 2.24. The SMILES string of the molecule is CC(C)(C)c1ccc(-c2nnc(SCC(=O)NC3CC3)n2Cc2ccccc2)cc1. The monoisotopic (exact) mass is 420 g/mol. The zero-order chi connectivity index (χ0) is 21.1. The van der Waals surface area contributed by atoms with Gasteiger partial charge in [-0.15, -0.1) is 10.2 Å². The Bertz CT molecular complexity index is 1000. The predicted molar refractivity (Wildman–Crippen MR) is 122 cm³/mol. The molecule has 0 saturated heterocycles. The molecule has 1 heterocycles. The molecule has 30 heavy (non-hydrogen) atoms. The molecule has 0 aliphatic heterocycles. The summed E-state index contributed by atoms with van der Waals surface area (Å²) in [6.45, 7) is 7.29. The number of hydrogen-bond donors (Lipinski definition) is 1. The third-order valence-corrected chi connectivity index (χ3v) is 6.15. The van der Waals surface area contributed by atoms with Crippen molar-refractivity contribution in [3.8, 4) is 11.4 Å². The summed E-state index contributed by atoms with van der Waals surface area (Å²) in [6, 6.07) is 19.2. The normalized spacial score (nSPS) is 14.0.